The average Bonchev–Trinajstić information content (AvgIpc) is 3.06. The second kappa shape index (κ2) is 6.53. The number of oxazole rings is 1. The van der Waals surface area contributed by atoms with Gasteiger partial charge in [0.2, 0.25) is 5.89 Å². The predicted molar refractivity (Wildman–Crippen MR) is 102 cm³/mol. The molecular formula is C20H13BrN2O2. The summed E-state index contributed by atoms with van der Waals surface area (Å²) in [7, 11) is 0. The van der Waals surface area contributed by atoms with Gasteiger partial charge in [0.15, 0.2) is 5.58 Å². The van der Waals surface area contributed by atoms with E-state index in [0.717, 1.165) is 15.6 Å². The molecule has 0 bridgehead atoms. The summed E-state index contributed by atoms with van der Waals surface area (Å²) >= 11 is 3.38. The Morgan fingerprint density at radius 1 is 0.960 bits per heavy atom. The van der Waals surface area contributed by atoms with Crippen LogP contribution in [0.1, 0.15) is 10.4 Å². The van der Waals surface area contributed by atoms with Crippen LogP contribution in [0, 0.1) is 0 Å². The molecule has 0 saturated carbocycles. The van der Waals surface area contributed by atoms with Gasteiger partial charge in [0.05, 0.1) is 11.3 Å². The van der Waals surface area contributed by atoms with Gasteiger partial charge in [-0.3, -0.25) is 4.79 Å². The van der Waals surface area contributed by atoms with Crippen molar-refractivity contribution in [1.29, 1.82) is 0 Å². The van der Waals surface area contributed by atoms with Crippen LogP contribution in [0.2, 0.25) is 0 Å². The molecule has 122 valence electrons. The Labute approximate surface area is 152 Å². The molecule has 1 amide bonds. The molecule has 4 rings (SSSR count). The van der Waals surface area contributed by atoms with Gasteiger partial charge in [-0.2, -0.15) is 0 Å². The Balaban J connectivity index is 1.70. The number of hydrogen-bond donors (Lipinski definition) is 1. The number of benzene rings is 3. The zero-order valence-electron chi connectivity index (χ0n) is 13.1. The molecule has 25 heavy (non-hydrogen) atoms. The zero-order valence-corrected chi connectivity index (χ0v) is 14.7. The van der Waals surface area contributed by atoms with Gasteiger partial charge in [0, 0.05) is 10.0 Å². The lowest BCUT2D eigenvalue weighted by Gasteiger charge is -2.09. The SMILES string of the molecule is O=C(Nc1ccccc1-c1nc2ccccc2o1)c1cccc(Br)c1. The average molecular weight is 393 g/mol. The number of nitrogens with zero attached hydrogens (tertiary/aromatic N) is 1. The molecule has 0 spiro atoms. The van der Waals surface area contributed by atoms with Crippen molar-refractivity contribution in [3.05, 3.63) is 82.8 Å². The second-order valence-corrected chi connectivity index (χ2v) is 6.41. The topological polar surface area (TPSA) is 55.1 Å². The van der Waals surface area contributed by atoms with E-state index < -0.39 is 0 Å². The van der Waals surface area contributed by atoms with Crippen molar-refractivity contribution in [2.75, 3.05) is 5.32 Å². The maximum absolute atomic E-state index is 12.5. The number of hydrogen-bond acceptors (Lipinski definition) is 3. The van der Waals surface area contributed by atoms with Crippen LogP contribution in [0.15, 0.2) is 81.7 Å². The van der Waals surface area contributed by atoms with Crippen molar-refractivity contribution in [3.8, 4) is 11.5 Å². The van der Waals surface area contributed by atoms with Gasteiger partial charge in [-0.05, 0) is 42.5 Å². The number of aromatic nitrogens is 1. The Morgan fingerprint density at radius 2 is 1.76 bits per heavy atom. The summed E-state index contributed by atoms with van der Waals surface area (Å²) in [4.78, 5) is 17.1. The number of rotatable bonds is 3. The summed E-state index contributed by atoms with van der Waals surface area (Å²) in [5.74, 6) is 0.288. The number of carbonyl (C=O) groups excluding carboxylic acids is 1. The van der Waals surface area contributed by atoms with Crippen LogP contribution in [0.25, 0.3) is 22.6 Å². The number of nitrogens with one attached hydrogen (secondary N) is 1. The molecule has 3 aromatic carbocycles. The molecule has 0 atom stereocenters. The number of anilines is 1. The standard InChI is InChI=1S/C20H13BrN2O2/c21-14-7-5-6-13(12-14)19(24)22-16-9-2-1-8-15(16)20-23-17-10-3-4-11-18(17)25-20/h1-12H,(H,22,24). The first-order valence-corrected chi connectivity index (χ1v) is 8.52. The third-order valence-electron chi connectivity index (χ3n) is 3.79. The fourth-order valence-corrected chi connectivity index (χ4v) is 2.99. The van der Waals surface area contributed by atoms with Gasteiger partial charge in [0.25, 0.3) is 5.91 Å². The van der Waals surface area contributed by atoms with E-state index in [0.29, 0.717) is 22.7 Å². The number of para-hydroxylation sites is 3. The predicted octanol–water partition coefficient (Wildman–Crippen LogP) is 5.51. The van der Waals surface area contributed by atoms with Crippen LogP contribution in [0.4, 0.5) is 5.69 Å². The molecule has 0 radical (unpaired) electrons. The molecule has 0 fully saturated rings. The first kappa shape index (κ1) is 15.6. The lowest BCUT2D eigenvalue weighted by atomic mass is 10.1. The van der Waals surface area contributed by atoms with E-state index in [2.05, 4.69) is 26.2 Å². The van der Waals surface area contributed by atoms with Gasteiger partial charge in [0.1, 0.15) is 5.52 Å². The lowest BCUT2D eigenvalue weighted by Crippen LogP contribution is -2.12. The largest absolute Gasteiger partial charge is 0.436 e. The van der Waals surface area contributed by atoms with E-state index in [1.807, 2.05) is 60.7 Å². The highest BCUT2D eigenvalue weighted by atomic mass is 79.9. The monoisotopic (exact) mass is 392 g/mol. The molecule has 5 heteroatoms. The highest BCUT2D eigenvalue weighted by Crippen LogP contribution is 2.30. The van der Waals surface area contributed by atoms with Crippen molar-refractivity contribution < 1.29 is 9.21 Å². The summed E-state index contributed by atoms with van der Waals surface area (Å²) in [6, 6.07) is 22.3. The first-order chi connectivity index (χ1) is 12.2. The highest BCUT2D eigenvalue weighted by Gasteiger charge is 2.14. The summed E-state index contributed by atoms with van der Waals surface area (Å²) in [5, 5.41) is 2.94. The van der Waals surface area contributed by atoms with Gasteiger partial charge in [-0.1, -0.05) is 46.3 Å². The number of carbonyl (C=O) groups is 1. The molecule has 0 aliphatic rings. The fraction of sp³-hybridized carbons (Fsp3) is 0. The minimum absolute atomic E-state index is 0.190. The van der Waals surface area contributed by atoms with E-state index in [-0.39, 0.29) is 5.91 Å². The third-order valence-corrected chi connectivity index (χ3v) is 4.28. The minimum Gasteiger partial charge on any atom is -0.436 e. The van der Waals surface area contributed by atoms with E-state index in [1.165, 1.54) is 0 Å². The van der Waals surface area contributed by atoms with E-state index >= 15 is 0 Å². The third kappa shape index (κ3) is 3.19. The van der Waals surface area contributed by atoms with Crippen LogP contribution in [0.5, 0.6) is 0 Å². The van der Waals surface area contributed by atoms with Crippen molar-refractivity contribution in [2.24, 2.45) is 0 Å². The maximum atomic E-state index is 12.5. The smallest absolute Gasteiger partial charge is 0.255 e. The van der Waals surface area contributed by atoms with Crippen LogP contribution in [0.3, 0.4) is 0 Å². The Morgan fingerprint density at radius 3 is 2.60 bits per heavy atom. The molecular weight excluding hydrogens is 380 g/mol. The number of fused-ring (bicyclic) bond motifs is 1. The zero-order chi connectivity index (χ0) is 17.2. The molecule has 0 unspecified atom stereocenters. The first-order valence-electron chi connectivity index (χ1n) is 7.72. The fourth-order valence-electron chi connectivity index (χ4n) is 2.59. The molecule has 4 nitrogen and oxygen atoms in total. The van der Waals surface area contributed by atoms with Crippen LogP contribution in [-0.2, 0) is 0 Å². The van der Waals surface area contributed by atoms with Gasteiger partial charge in [-0.15, -0.1) is 0 Å². The van der Waals surface area contributed by atoms with Crippen LogP contribution in [-0.4, -0.2) is 10.9 Å². The number of amides is 1. The summed E-state index contributed by atoms with van der Waals surface area (Å²) in [6.07, 6.45) is 0. The lowest BCUT2D eigenvalue weighted by molar-refractivity contribution is 0.102. The van der Waals surface area contributed by atoms with Crippen molar-refractivity contribution in [3.63, 3.8) is 0 Å². The van der Waals surface area contributed by atoms with Gasteiger partial charge < -0.3 is 9.73 Å². The van der Waals surface area contributed by atoms with E-state index in [1.54, 1.807) is 12.1 Å². The molecule has 0 aliphatic carbocycles. The summed E-state index contributed by atoms with van der Waals surface area (Å²) in [6.45, 7) is 0. The van der Waals surface area contributed by atoms with E-state index in [9.17, 15) is 4.79 Å². The normalized spacial score (nSPS) is 10.8. The Kier molecular flexibility index (Phi) is 4.07. The Bertz CT molecular complexity index is 1040. The van der Waals surface area contributed by atoms with E-state index in [4.69, 9.17) is 4.42 Å². The van der Waals surface area contributed by atoms with Crippen LogP contribution < -0.4 is 5.32 Å². The van der Waals surface area contributed by atoms with Gasteiger partial charge in [-0.25, -0.2) is 4.98 Å². The molecule has 1 heterocycles. The second-order valence-electron chi connectivity index (χ2n) is 5.50. The van der Waals surface area contributed by atoms with Crippen molar-refractivity contribution in [1.82, 2.24) is 4.98 Å². The molecule has 0 aliphatic heterocycles. The summed E-state index contributed by atoms with van der Waals surface area (Å²) in [5.41, 5.74) is 3.46. The summed E-state index contributed by atoms with van der Waals surface area (Å²) < 4.78 is 6.69. The molecule has 0 saturated heterocycles. The quantitative estimate of drug-likeness (QED) is 0.499. The molecule has 1 N–H and O–H groups in total. The molecule has 1 aromatic heterocycles. The molecule has 4 aromatic rings. The van der Waals surface area contributed by atoms with Gasteiger partial charge >= 0.3 is 0 Å². The highest BCUT2D eigenvalue weighted by molar-refractivity contribution is 9.10. The minimum atomic E-state index is -0.190. The van der Waals surface area contributed by atoms with Crippen LogP contribution >= 0.6 is 15.9 Å². The van der Waals surface area contributed by atoms with Crippen molar-refractivity contribution in [2.45, 2.75) is 0 Å². The Hall–Kier alpha value is -2.92. The maximum Gasteiger partial charge on any atom is 0.255 e. The van der Waals surface area contributed by atoms with Crippen molar-refractivity contribution >= 4 is 38.6 Å². The number of halogens is 1.